The summed E-state index contributed by atoms with van der Waals surface area (Å²) in [7, 11) is 2.89. The van der Waals surface area contributed by atoms with E-state index in [0.717, 1.165) is 5.76 Å². The molecule has 3 heterocycles. The Hall–Kier alpha value is -3.84. The number of methoxy groups -OCH3 is 1. The van der Waals surface area contributed by atoms with E-state index in [2.05, 4.69) is 10.3 Å². The second kappa shape index (κ2) is 16.0. The molecule has 1 spiro atoms. The van der Waals surface area contributed by atoms with Crippen molar-refractivity contribution in [2.24, 2.45) is 17.3 Å². The number of hydrogen-bond acceptors (Lipinski definition) is 10. The number of likely N-dealkylation sites (N-methyl/N-ethyl adjacent to an activating group) is 1. The molecule has 3 rings (SSSR count). The van der Waals surface area contributed by atoms with E-state index in [1.165, 1.54) is 25.5 Å². The number of likely N-dealkylation sites (tertiary alicyclic amines) is 1. The third-order valence-corrected chi connectivity index (χ3v) is 9.78. The molecule has 0 aromatic carbocycles. The maximum Gasteiger partial charge on any atom is 0.339 e. The Balaban J connectivity index is 1.50. The molecular formula is C36H51N3O9. The first-order valence-corrected chi connectivity index (χ1v) is 16.2. The number of rotatable bonds is 16. The number of amides is 2. The van der Waals surface area contributed by atoms with E-state index in [9.17, 15) is 29.7 Å². The number of hydrogen-bond donors (Lipinski definition) is 4. The number of esters is 1. The predicted octanol–water partition coefficient (Wildman–Crippen LogP) is 2.82. The van der Waals surface area contributed by atoms with E-state index in [0.29, 0.717) is 12.0 Å². The van der Waals surface area contributed by atoms with Gasteiger partial charge in [-0.05, 0) is 45.6 Å². The van der Waals surface area contributed by atoms with Gasteiger partial charge in [0.2, 0.25) is 17.4 Å². The van der Waals surface area contributed by atoms with Crippen LogP contribution in [0.5, 0.6) is 0 Å². The number of oxazole rings is 1. The van der Waals surface area contributed by atoms with E-state index in [-0.39, 0.29) is 24.8 Å². The van der Waals surface area contributed by atoms with Crippen LogP contribution >= 0.6 is 0 Å². The molecule has 264 valence electrons. The highest BCUT2D eigenvalue weighted by Gasteiger charge is 2.80. The number of ether oxygens (including phenoxy) is 2. The zero-order chi connectivity index (χ0) is 35.9. The van der Waals surface area contributed by atoms with Crippen molar-refractivity contribution >= 4 is 17.8 Å². The summed E-state index contributed by atoms with van der Waals surface area (Å²) in [5.41, 5.74) is -3.87. The minimum atomic E-state index is -1.86. The third kappa shape index (κ3) is 7.41. The molecule has 4 N–H and O–H groups in total. The van der Waals surface area contributed by atoms with Crippen molar-refractivity contribution < 1.29 is 43.6 Å². The van der Waals surface area contributed by atoms with Crippen LogP contribution < -0.4 is 5.32 Å². The molecule has 2 fully saturated rings. The van der Waals surface area contributed by atoms with E-state index in [1.54, 1.807) is 84.2 Å². The highest BCUT2D eigenvalue weighted by atomic mass is 16.6. The Morgan fingerprint density at radius 2 is 1.85 bits per heavy atom. The van der Waals surface area contributed by atoms with E-state index >= 15 is 0 Å². The Morgan fingerprint density at radius 1 is 1.17 bits per heavy atom. The molecule has 2 saturated heterocycles. The quantitative estimate of drug-likeness (QED) is 0.152. The minimum Gasteiger partial charge on any atom is -0.457 e. The Labute approximate surface area is 282 Å². The van der Waals surface area contributed by atoms with Gasteiger partial charge in [0.1, 0.15) is 17.5 Å². The molecule has 1 aromatic rings. The number of nitrogens with one attached hydrogen (secondary N) is 1. The average molecular weight is 670 g/mol. The number of carbonyl (C=O) groups excluding carboxylic acids is 3. The van der Waals surface area contributed by atoms with Gasteiger partial charge in [-0.15, -0.1) is 0 Å². The van der Waals surface area contributed by atoms with Crippen LogP contribution in [0, 0.1) is 17.3 Å². The molecule has 0 radical (unpaired) electrons. The van der Waals surface area contributed by atoms with Crippen LogP contribution in [0.15, 0.2) is 77.3 Å². The Kier molecular flexibility index (Phi) is 12.9. The highest BCUT2D eigenvalue weighted by molar-refractivity contribution is 5.99. The van der Waals surface area contributed by atoms with Crippen LogP contribution in [-0.4, -0.2) is 99.2 Å². The van der Waals surface area contributed by atoms with Gasteiger partial charge in [0.05, 0.1) is 35.8 Å². The summed E-state index contributed by atoms with van der Waals surface area (Å²) in [6.45, 7) is 10.3. The maximum absolute atomic E-state index is 12.9. The van der Waals surface area contributed by atoms with E-state index < -0.39 is 58.8 Å². The standard InChI is InChI=1S/C36H51N3O9/c1-23(16-12-9-10-13-17-27-21-37-22-47-27)30(41)34(5,6)32(43)38-19-15-11-14-18-28(40)24(2)20-29(46-8)36(45)25(3)31(42)39(7)35(36)26(4)48-33(35)44/h9-16,18,21-22,24-26,28-30,40-41,45H,17,19-20H2,1-8H3,(H,38,43)/t24-,25-,26+,28-,29+,30-,35+,36+/m0/s1. The zero-order valence-electron chi connectivity index (χ0n) is 29.1. The fraction of sp³-hybridized carbons (Fsp3) is 0.556. The molecule has 0 unspecified atom stereocenters. The lowest BCUT2D eigenvalue weighted by atomic mass is 9.65. The summed E-state index contributed by atoms with van der Waals surface area (Å²) in [5.74, 6) is -1.95. The van der Waals surface area contributed by atoms with Crippen molar-refractivity contribution in [3.8, 4) is 0 Å². The van der Waals surface area contributed by atoms with Gasteiger partial charge in [-0.3, -0.25) is 9.59 Å². The summed E-state index contributed by atoms with van der Waals surface area (Å²) in [6.07, 6.45) is 16.0. The van der Waals surface area contributed by atoms with Crippen LogP contribution in [-0.2, 0) is 30.3 Å². The summed E-state index contributed by atoms with van der Waals surface area (Å²) in [6, 6.07) is 0. The van der Waals surface area contributed by atoms with Crippen molar-refractivity contribution in [1.29, 1.82) is 0 Å². The van der Waals surface area contributed by atoms with Crippen molar-refractivity contribution in [2.45, 2.75) is 89.9 Å². The van der Waals surface area contributed by atoms with Crippen molar-refractivity contribution in [1.82, 2.24) is 15.2 Å². The van der Waals surface area contributed by atoms with Gasteiger partial charge in [0.15, 0.2) is 6.39 Å². The lowest BCUT2D eigenvalue weighted by Gasteiger charge is -2.55. The Bertz CT molecular complexity index is 1430. The number of aliphatic hydroxyl groups excluding tert-OH is 2. The van der Waals surface area contributed by atoms with Gasteiger partial charge in [0, 0.05) is 27.1 Å². The summed E-state index contributed by atoms with van der Waals surface area (Å²) < 4.78 is 16.0. The minimum absolute atomic E-state index is 0.160. The molecule has 12 heteroatoms. The van der Waals surface area contributed by atoms with Crippen LogP contribution in [0.1, 0.15) is 53.7 Å². The molecule has 12 nitrogen and oxygen atoms in total. The van der Waals surface area contributed by atoms with Crippen molar-refractivity contribution in [3.63, 3.8) is 0 Å². The number of aliphatic hydroxyl groups is 3. The first-order valence-electron chi connectivity index (χ1n) is 16.2. The summed E-state index contributed by atoms with van der Waals surface area (Å²) in [5, 5.41) is 36.5. The number of carbonyl (C=O) groups is 3. The molecule has 1 aromatic heterocycles. The lowest BCUT2D eigenvalue weighted by Crippen LogP contribution is -2.80. The molecule has 0 aliphatic carbocycles. The maximum atomic E-state index is 12.9. The van der Waals surface area contributed by atoms with Gasteiger partial charge in [-0.25, -0.2) is 9.78 Å². The van der Waals surface area contributed by atoms with E-state index in [4.69, 9.17) is 13.9 Å². The molecular weight excluding hydrogens is 618 g/mol. The lowest BCUT2D eigenvalue weighted by molar-refractivity contribution is -0.255. The SMILES string of the molecule is CO[C@H](C[C@H](C)[C@@H](O)C=CC=CCNC(=O)C(C)(C)[C@@H](O)C(C)=CC=CC=CCc1cnco1)[C@]1(O)[C@@H](C)C(=O)N(C)[C@]12C(=O)O[C@@H]2C. The van der Waals surface area contributed by atoms with Crippen LogP contribution in [0.4, 0.5) is 0 Å². The number of cyclic esters (lactones) is 1. The predicted molar refractivity (Wildman–Crippen MR) is 179 cm³/mol. The fourth-order valence-electron chi connectivity index (χ4n) is 6.61. The van der Waals surface area contributed by atoms with Crippen LogP contribution in [0.2, 0.25) is 0 Å². The van der Waals surface area contributed by atoms with Gasteiger partial charge in [-0.2, -0.15) is 0 Å². The third-order valence-electron chi connectivity index (χ3n) is 9.78. The second-order valence-electron chi connectivity index (χ2n) is 13.2. The summed E-state index contributed by atoms with van der Waals surface area (Å²) in [4.78, 5) is 43.7. The molecule has 48 heavy (non-hydrogen) atoms. The first-order chi connectivity index (χ1) is 22.6. The smallest absolute Gasteiger partial charge is 0.339 e. The van der Waals surface area contributed by atoms with Crippen molar-refractivity contribution in [2.75, 3.05) is 20.7 Å². The average Bonchev–Trinajstić information content (AvgIpc) is 3.63. The molecule has 2 amide bonds. The normalized spacial score (nSPS) is 27.7. The molecule has 2 aliphatic rings. The van der Waals surface area contributed by atoms with Gasteiger partial charge in [0.25, 0.3) is 0 Å². The van der Waals surface area contributed by atoms with Crippen LogP contribution in [0.25, 0.3) is 0 Å². The number of aromatic nitrogens is 1. The topological polar surface area (TPSA) is 172 Å². The van der Waals surface area contributed by atoms with Crippen LogP contribution in [0.3, 0.4) is 0 Å². The van der Waals surface area contributed by atoms with Crippen molar-refractivity contribution in [3.05, 3.63) is 78.6 Å². The summed E-state index contributed by atoms with van der Waals surface area (Å²) >= 11 is 0. The molecule has 8 atom stereocenters. The zero-order valence-corrected chi connectivity index (χ0v) is 29.1. The first kappa shape index (κ1) is 38.6. The largest absolute Gasteiger partial charge is 0.457 e. The second-order valence-corrected chi connectivity index (χ2v) is 13.2. The molecule has 0 bridgehead atoms. The van der Waals surface area contributed by atoms with Gasteiger partial charge in [-0.1, -0.05) is 68.5 Å². The molecule has 0 saturated carbocycles. The molecule has 2 aliphatic heterocycles. The highest BCUT2D eigenvalue weighted by Crippen LogP contribution is 2.54. The van der Waals surface area contributed by atoms with E-state index in [1.807, 2.05) is 18.2 Å². The number of nitrogens with zero attached hydrogens (tertiary/aromatic N) is 2. The van der Waals surface area contributed by atoms with Gasteiger partial charge < -0.3 is 39.4 Å². The number of allylic oxidation sites excluding steroid dienone is 7. The fourth-order valence-corrected chi connectivity index (χ4v) is 6.61. The monoisotopic (exact) mass is 669 g/mol. The van der Waals surface area contributed by atoms with Gasteiger partial charge >= 0.3 is 5.97 Å². The Morgan fingerprint density at radius 3 is 2.46 bits per heavy atom.